The van der Waals surface area contributed by atoms with Gasteiger partial charge in [0.1, 0.15) is 0 Å². The van der Waals surface area contributed by atoms with Crippen LogP contribution >= 0.6 is 0 Å². The summed E-state index contributed by atoms with van der Waals surface area (Å²) in [7, 11) is 1.75. The predicted molar refractivity (Wildman–Crippen MR) is 76.4 cm³/mol. The van der Waals surface area contributed by atoms with E-state index in [1.54, 1.807) is 7.11 Å². The Hall–Kier alpha value is -0.0800. The summed E-state index contributed by atoms with van der Waals surface area (Å²) in [5.41, 5.74) is 0. The lowest BCUT2D eigenvalue weighted by atomic mass is 9.91. The van der Waals surface area contributed by atoms with E-state index >= 15 is 0 Å². The Balaban J connectivity index is 3.48. The van der Waals surface area contributed by atoms with Crippen LogP contribution in [-0.2, 0) is 4.74 Å². The maximum atomic E-state index is 5.02. The molecule has 0 aromatic carbocycles. The number of methoxy groups -OCH3 is 1. The van der Waals surface area contributed by atoms with E-state index in [0.717, 1.165) is 31.5 Å². The molecule has 104 valence electrons. The fourth-order valence-corrected chi connectivity index (χ4v) is 2.19. The molecular formula is C15H33NO. The second kappa shape index (κ2) is 12.4. The molecule has 0 aliphatic rings. The van der Waals surface area contributed by atoms with Crippen LogP contribution in [0.2, 0.25) is 0 Å². The summed E-state index contributed by atoms with van der Waals surface area (Å²) in [6.45, 7) is 9.91. The Morgan fingerprint density at radius 3 is 2.47 bits per heavy atom. The summed E-state index contributed by atoms with van der Waals surface area (Å²) in [6, 6.07) is 0. The van der Waals surface area contributed by atoms with Gasteiger partial charge in [0.05, 0.1) is 6.61 Å². The molecule has 1 N–H and O–H groups in total. The van der Waals surface area contributed by atoms with Gasteiger partial charge in [-0.3, -0.25) is 0 Å². The van der Waals surface area contributed by atoms with Gasteiger partial charge < -0.3 is 10.1 Å². The Labute approximate surface area is 109 Å². The quantitative estimate of drug-likeness (QED) is 0.526. The minimum atomic E-state index is 0.794. The van der Waals surface area contributed by atoms with E-state index in [1.165, 1.54) is 38.5 Å². The first-order chi connectivity index (χ1) is 8.24. The summed E-state index contributed by atoms with van der Waals surface area (Å²) >= 11 is 0. The van der Waals surface area contributed by atoms with Crippen molar-refractivity contribution >= 4 is 0 Å². The van der Waals surface area contributed by atoms with Gasteiger partial charge in [-0.05, 0) is 24.8 Å². The SMILES string of the molecule is CCCCC(CC)CCC(C)CNCCOC. The number of hydrogen-bond donors (Lipinski definition) is 1. The largest absolute Gasteiger partial charge is 0.383 e. The molecule has 0 aliphatic heterocycles. The number of unbranched alkanes of at least 4 members (excludes halogenated alkanes) is 1. The van der Waals surface area contributed by atoms with Crippen LogP contribution in [0.5, 0.6) is 0 Å². The maximum absolute atomic E-state index is 5.02. The van der Waals surface area contributed by atoms with E-state index in [4.69, 9.17) is 4.74 Å². The fraction of sp³-hybridized carbons (Fsp3) is 1.00. The van der Waals surface area contributed by atoms with Gasteiger partial charge in [-0.25, -0.2) is 0 Å². The molecule has 17 heavy (non-hydrogen) atoms. The van der Waals surface area contributed by atoms with Crippen LogP contribution in [0.3, 0.4) is 0 Å². The second-order valence-corrected chi connectivity index (χ2v) is 5.30. The zero-order valence-corrected chi connectivity index (χ0v) is 12.4. The second-order valence-electron chi connectivity index (χ2n) is 5.30. The van der Waals surface area contributed by atoms with Gasteiger partial charge in [0, 0.05) is 13.7 Å². The van der Waals surface area contributed by atoms with Crippen molar-refractivity contribution in [3.05, 3.63) is 0 Å². The van der Waals surface area contributed by atoms with Gasteiger partial charge in [0.2, 0.25) is 0 Å². The zero-order chi connectivity index (χ0) is 12.9. The van der Waals surface area contributed by atoms with Gasteiger partial charge in [-0.2, -0.15) is 0 Å². The van der Waals surface area contributed by atoms with Crippen LogP contribution in [0.1, 0.15) is 59.3 Å². The molecule has 0 aliphatic carbocycles. The zero-order valence-electron chi connectivity index (χ0n) is 12.4. The molecular weight excluding hydrogens is 210 g/mol. The third-order valence-electron chi connectivity index (χ3n) is 3.59. The third-order valence-corrected chi connectivity index (χ3v) is 3.59. The molecule has 2 nitrogen and oxygen atoms in total. The Morgan fingerprint density at radius 2 is 1.88 bits per heavy atom. The molecule has 0 heterocycles. The highest BCUT2D eigenvalue weighted by molar-refractivity contribution is 4.63. The van der Waals surface area contributed by atoms with Gasteiger partial charge in [0.25, 0.3) is 0 Å². The molecule has 0 bridgehead atoms. The minimum absolute atomic E-state index is 0.794. The molecule has 0 aromatic rings. The highest BCUT2D eigenvalue weighted by Gasteiger charge is 2.08. The molecule has 0 saturated heterocycles. The van der Waals surface area contributed by atoms with Crippen molar-refractivity contribution in [1.82, 2.24) is 5.32 Å². The summed E-state index contributed by atoms with van der Waals surface area (Å²) in [4.78, 5) is 0. The van der Waals surface area contributed by atoms with Gasteiger partial charge in [-0.15, -0.1) is 0 Å². The maximum Gasteiger partial charge on any atom is 0.0587 e. The molecule has 2 unspecified atom stereocenters. The Kier molecular flexibility index (Phi) is 12.3. The van der Waals surface area contributed by atoms with Crippen LogP contribution in [0.15, 0.2) is 0 Å². The smallest absolute Gasteiger partial charge is 0.0587 e. The van der Waals surface area contributed by atoms with Crippen LogP contribution in [0.25, 0.3) is 0 Å². The summed E-state index contributed by atoms with van der Waals surface area (Å²) < 4.78 is 5.02. The highest BCUT2D eigenvalue weighted by Crippen LogP contribution is 2.20. The van der Waals surface area contributed by atoms with Crippen molar-refractivity contribution in [3.8, 4) is 0 Å². The minimum Gasteiger partial charge on any atom is -0.383 e. The first-order valence-electron chi connectivity index (χ1n) is 7.44. The van der Waals surface area contributed by atoms with Crippen LogP contribution < -0.4 is 5.32 Å². The van der Waals surface area contributed by atoms with E-state index < -0.39 is 0 Å². The van der Waals surface area contributed by atoms with Crippen LogP contribution in [0.4, 0.5) is 0 Å². The number of hydrogen-bond acceptors (Lipinski definition) is 2. The normalized spacial score (nSPS) is 14.8. The monoisotopic (exact) mass is 243 g/mol. The standard InChI is InChI=1S/C15H33NO/c1-5-7-8-15(6-2)10-9-14(3)13-16-11-12-17-4/h14-16H,5-13H2,1-4H3. The number of ether oxygens (including phenoxy) is 1. The van der Waals surface area contributed by atoms with Crippen molar-refractivity contribution in [1.29, 1.82) is 0 Å². The van der Waals surface area contributed by atoms with Crippen molar-refractivity contribution in [2.45, 2.75) is 59.3 Å². The molecule has 2 atom stereocenters. The van der Waals surface area contributed by atoms with Crippen molar-refractivity contribution in [2.24, 2.45) is 11.8 Å². The first-order valence-corrected chi connectivity index (χ1v) is 7.44. The van der Waals surface area contributed by atoms with Gasteiger partial charge in [-0.1, -0.05) is 52.9 Å². The van der Waals surface area contributed by atoms with E-state index in [-0.39, 0.29) is 0 Å². The molecule has 0 aromatic heterocycles. The number of rotatable bonds is 12. The van der Waals surface area contributed by atoms with Crippen molar-refractivity contribution in [2.75, 3.05) is 26.8 Å². The summed E-state index contributed by atoms with van der Waals surface area (Å²) in [6.07, 6.45) is 8.29. The van der Waals surface area contributed by atoms with Gasteiger partial charge >= 0.3 is 0 Å². The predicted octanol–water partition coefficient (Wildman–Crippen LogP) is 3.86. The Bertz CT molecular complexity index is 150. The van der Waals surface area contributed by atoms with Crippen molar-refractivity contribution in [3.63, 3.8) is 0 Å². The van der Waals surface area contributed by atoms with Crippen molar-refractivity contribution < 1.29 is 4.74 Å². The molecule has 0 fully saturated rings. The fourth-order valence-electron chi connectivity index (χ4n) is 2.19. The molecule has 0 rings (SSSR count). The number of nitrogens with one attached hydrogen (secondary N) is 1. The van der Waals surface area contributed by atoms with E-state index in [0.29, 0.717) is 0 Å². The average Bonchev–Trinajstić information content (AvgIpc) is 2.35. The van der Waals surface area contributed by atoms with E-state index in [1.807, 2.05) is 0 Å². The lowest BCUT2D eigenvalue weighted by Crippen LogP contribution is -2.25. The lowest BCUT2D eigenvalue weighted by molar-refractivity contribution is 0.197. The lowest BCUT2D eigenvalue weighted by Gasteiger charge is -2.18. The van der Waals surface area contributed by atoms with Crippen LogP contribution in [-0.4, -0.2) is 26.8 Å². The molecule has 0 saturated carbocycles. The van der Waals surface area contributed by atoms with Gasteiger partial charge in [0.15, 0.2) is 0 Å². The first kappa shape index (κ1) is 16.9. The van der Waals surface area contributed by atoms with E-state index in [2.05, 4.69) is 26.1 Å². The molecule has 0 amide bonds. The van der Waals surface area contributed by atoms with E-state index in [9.17, 15) is 0 Å². The topological polar surface area (TPSA) is 21.3 Å². The molecule has 0 spiro atoms. The highest BCUT2D eigenvalue weighted by atomic mass is 16.5. The summed E-state index contributed by atoms with van der Waals surface area (Å²) in [5, 5.41) is 3.45. The van der Waals surface area contributed by atoms with Crippen LogP contribution in [0, 0.1) is 11.8 Å². The Morgan fingerprint density at radius 1 is 1.12 bits per heavy atom. The average molecular weight is 243 g/mol. The molecule has 2 heteroatoms. The molecule has 0 radical (unpaired) electrons. The third kappa shape index (κ3) is 10.8. The summed E-state index contributed by atoms with van der Waals surface area (Å²) in [5.74, 6) is 1.75.